The number of hydrogen-bond acceptors (Lipinski definition) is 2. The zero-order chi connectivity index (χ0) is 61.8. The minimum atomic E-state index is -4.36. The molecule has 0 radical (unpaired) electrons. The third kappa shape index (κ3) is 17.5. The fraction of sp³-hybridized carbons (Fsp3) is 0.321. The Morgan fingerprint density at radius 3 is 1.00 bits per heavy atom. The number of carbonyl (C=O) groups is 1. The molecule has 0 aromatic heterocycles. The van der Waals surface area contributed by atoms with Crippen LogP contribution in [0.25, 0.3) is 11.1 Å². The SMILES string of the molecule is Cc1cc(C)c(C)cc1C.Cc1ccc(-c2ccc(C)c(C)c2)cc1C.Cc1ccc(C(=O)c2ccc(C)c(C)c2)cc1C.Cc1ccc(C(C)(c2ccc(C)c(C)c2)C(F)(F)F)cc1C.Cc1ccc(OC2=CC(C)C(C)C=C2)cc1C. The van der Waals surface area contributed by atoms with E-state index in [1.807, 2.05) is 84.0 Å². The van der Waals surface area contributed by atoms with Crippen molar-refractivity contribution >= 4 is 5.78 Å². The van der Waals surface area contributed by atoms with Gasteiger partial charge < -0.3 is 4.74 Å². The van der Waals surface area contributed by atoms with Crippen molar-refractivity contribution in [3.05, 3.63) is 286 Å². The molecule has 9 rings (SSSR count). The molecule has 0 heterocycles. The Morgan fingerprint density at radius 1 is 0.361 bits per heavy atom. The van der Waals surface area contributed by atoms with Crippen molar-refractivity contribution in [2.75, 3.05) is 0 Å². The van der Waals surface area contributed by atoms with Crippen LogP contribution in [0, 0.1) is 136 Å². The first kappa shape index (κ1) is 66.3. The second kappa shape index (κ2) is 28.7. The molecule has 0 bridgehead atoms. The summed E-state index contributed by atoms with van der Waals surface area (Å²) in [6, 6.07) is 45.8. The zero-order valence-corrected chi connectivity index (χ0v) is 53.6. The van der Waals surface area contributed by atoms with E-state index in [4.69, 9.17) is 4.74 Å². The third-order valence-electron chi connectivity index (χ3n) is 17.3. The molecule has 0 saturated heterocycles. The van der Waals surface area contributed by atoms with Crippen LogP contribution in [-0.2, 0) is 5.41 Å². The highest BCUT2D eigenvalue weighted by molar-refractivity contribution is 6.09. The van der Waals surface area contributed by atoms with Crippen LogP contribution in [0.15, 0.2) is 164 Å². The molecule has 8 aromatic carbocycles. The van der Waals surface area contributed by atoms with Gasteiger partial charge in [0.1, 0.15) is 16.9 Å². The van der Waals surface area contributed by atoms with Crippen LogP contribution >= 0.6 is 0 Å². The molecule has 5 heteroatoms. The first-order valence-corrected chi connectivity index (χ1v) is 29.1. The molecule has 0 amide bonds. The summed E-state index contributed by atoms with van der Waals surface area (Å²) < 4.78 is 47.7. The number of ketones is 1. The Labute approximate surface area is 497 Å². The Kier molecular flexibility index (Phi) is 22.9. The summed E-state index contributed by atoms with van der Waals surface area (Å²) in [5.41, 5.74) is 24.7. The number of ether oxygens (including phenoxy) is 1. The Hall–Kier alpha value is -7.50. The maximum Gasteiger partial charge on any atom is 0.402 e. The van der Waals surface area contributed by atoms with Crippen molar-refractivity contribution in [1.29, 1.82) is 0 Å². The van der Waals surface area contributed by atoms with Gasteiger partial charge in [0.25, 0.3) is 0 Å². The molecule has 2 atom stereocenters. The lowest BCUT2D eigenvalue weighted by molar-refractivity contribution is -0.173. The van der Waals surface area contributed by atoms with Crippen LogP contribution < -0.4 is 4.74 Å². The molecular weight excluding hydrogens is 1030 g/mol. The fourth-order valence-corrected chi connectivity index (χ4v) is 9.35. The molecule has 83 heavy (non-hydrogen) atoms. The molecule has 2 unspecified atom stereocenters. The van der Waals surface area contributed by atoms with Gasteiger partial charge in [-0.05, 0) is 302 Å². The van der Waals surface area contributed by atoms with Gasteiger partial charge >= 0.3 is 6.18 Å². The lowest BCUT2D eigenvalue weighted by Crippen LogP contribution is -2.40. The topological polar surface area (TPSA) is 26.3 Å². The normalized spacial score (nSPS) is 13.6. The van der Waals surface area contributed by atoms with E-state index in [2.05, 4.69) is 176 Å². The van der Waals surface area contributed by atoms with Gasteiger partial charge in [-0.2, -0.15) is 13.2 Å². The summed E-state index contributed by atoms with van der Waals surface area (Å²) >= 11 is 0. The Balaban J connectivity index is 0.000000193. The smallest absolute Gasteiger partial charge is 0.402 e. The number of hydrogen-bond donors (Lipinski definition) is 0. The van der Waals surface area contributed by atoms with Gasteiger partial charge in [0.2, 0.25) is 0 Å². The Morgan fingerprint density at radius 2 is 0.675 bits per heavy atom. The van der Waals surface area contributed by atoms with Gasteiger partial charge in [-0.25, -0.2) is 0 Å². The maximum absolute atomic E-state index is 13.9. The predicted octanol–water partition coefficient (Wildman–Crippen LogP) is 21.9. The van der Waals surface area contributed by atoms with E-state index in [9.17, 15) is 18.0 Å². The van der Waals surface area contributed by atoms with Crippen molar-refractivity contribution in [2.45, 2.75) is 157 Å². The number of allylic oxidation sites excluding steroid dienone is 3. The summed E-state index contributed by atoms with van der Waals surface area (Å²) in [6.07, 6.45) is 2.11. The third-order valence-corrected chi connectivity index (χ3v) is 17.3. The predicted molar refractivity (Wildman–Crippen MR) is 348 cm³/mol. The fourth-order valence-electron chi connectivity index (χ4n) is 9.35. The van der Waals surface area contributed by atoms with E-state index in [0.29, 0.717) is 11.8 Å². The number of rotatable bonds is 7. The van der Waals surface area contributed by atoms with Gasteiger partial charge in [0.15, 0.2) is 5.78 Å². The van der Waals surface area contributed by atoms with Crippen LogP contribution in [0.3, 0.4) is 0 Å². The van der Waals surface area contributed by atoms with Crippen molar-refractivity contribution in [1.82, 2.24) is 0 Å². The average molecular weight is 1120 g/mol. The highest BCUT2D eigenvalue weighted by atomic mass is 19.4. The molecule has 0 saturated carbocycles. The lowest BCUT2D eigenvalue weighted by atomic mass is 9.74. The summed E-state index contributed by atoms with van der Waals surface area (Å²) in [4.78, 5) is 12.4. The molecule has 0 spiro atoms. The van der Waals surface area contributed by atoms with E-state index < -0.39 is 11.6 Å². The van der Waals surface area contributed by atoms with E-state index in [1.165, 1.54) is 84.8 Å². The van der Waals surface area contributed by atoms with Crippen LogP contribution in [0.1, 0.15) is 148 Å². The summed E-state index contributed by atoms with van der Waals surface area (Å²) in [5, 5.41) is 0. The standard InChI is InChI=1S/C19H21F3.C17H18O.C16H20O.C16H18.C10H14/c1-12-6-8-16(10-14(12)3)18(5,19(20,21)22)17-9-7-13(2)15(4)11-17;1-11-5-7-15(9-13(11)3)17(18)16-8-6-12(2)14(4)10-16;1-11-5-7-15(9-13(11)3)17-16-8-6-12(2)14(4)10-16;1-11-5-7-15(9-13(11)3)16-8-6-12(2)14(4)10-16;1-7-5-9(3)10(4)6-8(7)2/h6-11H,1-5H3;5-10H,1-4H3;5-11,13H,1-4H3;5-10H,1-4H3;5-6H,1-4H3. The van der Waals surface area contributed by atoms with Crippen LogP contribution in [0.2, 0.25) is 0 Å². The zero-order valence-electron chi connectivity index (χ0n) is 53.6. The number of halogens is 3. The summed E-state index contributed by atoms with van der Waals surface area (Å²) in [6.45, 7) is 42.9. The van der Waals surface area contributed by atoms with E-state index in [1.54, 1.807) is 36.4 Å². The van der Waals surface area contributed by atoms with Crippen molar-refractivity contribution < 1.29 is 22.7 Å². The maximum atomic E-state index is 13.9. The average Bonchev–Trinajstić information content (AvgIpc) is 3.60. The molecule has 436 valence electrons. The second-order valence-corrected chi connectivity index (χ2v) is 23.8. The van der Waals surface area contributed by atoms with E-state index in [0.717, 1.165) is 56.0 Å². The summed E-state index contributed by atoms with van der Waals surface area (Å²) in [7, 11) is 0. The highest BCUT2D eigenvalue weighted by Crippen LogP contribution is 2.47. The van der Waals surface area contributed by atoms with Crippen LogP contribution in [-0.4, -0.2) is 12.0 Å². The molecule has 0 N–H and O–H groups in total. The van der Waals surface area contributed by atoms with Gasteiger partial charge in [0.05, 0.1) is 0 Å². The van der Waals surface area contributed by atoms with Crippen molar-refractivity contribution in [3.8, 4) is 16.9 Å². The minimum Gasteiger partial charge on any atom is -0.458 e. The number of carbonyl (C=O) groups excluding carboxylic acids is 1. The van der Waals surface area contributed by atoms with Crippen molar-refractivity contribution in [2.24, 2.45) is 11.8 Å². The molecule has 1 aliphatic rings. The highest BCUT2D eigenvalue weighted by Gasteiger charge is 2.53. The Bertz CT molecular complexity index is 3430. The number of alkyl halides is 3. The molecule has 8 aromatic rings. The first-order valence-electron chi connectivity index (χ1n) is 29.1. The summed E-state index contributed by atoms with van der Waals surface area (Å²) in [5.74, 6) is 3.12. The molecule has 0 aliphatic heterocycles. The molecule has 0 fully saturated rings. The van der Waals surface area contributed by atoms with E-state index >= 15 is 0 Å². The van der Waals surface area contributed by atoms with Crippen molar-refractivity contribution in [3.63, 3.8) is 0 Å². The van der Waals surface area contributed by atoms with Gasteiger partial charge in [-0.3, -0.25) is 4.79 Å². The van der Waals surface area contributed by atoms with Gasteiger partial charge in [0, 0.05) is 11.1 Å². The van der Waals surface area contributed by atoms with Gasteiger partial charge in [-0.15, -0.1) is 0 Å². The first-order chi connectivity index (χ1) is 38.8. The number of benzene rings is 8. The minimum absolute atomic E-state index is 0.0983. The molecule has 1 aliphatic carbocycles. The van der Waals surface area contributed by atoms with Crippen LogP contribution in [0.4, 0.5) is 13.2 Å². The second-order valence-electron chi connectivity index (χ2n) is 23.8. The largest absolute Gasteiger partial charge is 0.458 e. The van der Waals surface area contributed by atoms with Crippen LogP contribution in [0.5, 0.6) is 5.75 Å². The molecule has 2 nitrogen and oxygen atoms in total. The molecular formula is C78H91F3O2. The van der Waals surface area contributed by atoms with E-state index in [-0.39, 0.29) is 16.9 Å². The number of aryl methyl sites for hydroxylation is 18. The van der Waals surface area contributed by atoms with Gasteiger partial charge in [-0.1, -0.05) is 135 Å². The quantitative estimate of drug-likeness (QED) is 0.149. The monoisotopic (exact) mass is 1120 g/mol. The lowest BCUT2D eigenvalue weighted by Gasteiger charge is -2.34.